The third kappa shape index (κ3) is 7.23. The van der Waals surface area contributed by atoms with Crippen LogP contribution in [0.4, 0.5) is 4.79 Å². The van der Waals surface area contributed by atoms with Crippen molar-refractivity contribution in [2.75, 3.05) is 20.2 Å². The second-order valence-corrected chi connectivity index (χ2v) is 9.64. The molecule has 0 aromatic heterocycles. The number of aliphatic hydroxyl groups is 1. The molecule has 31 heavy (non-hydrogen) atoms. The summed E-state index contributed by atoms with van der Waals surface area (Å²) in [7, 11) is -2.42. The summed E-state index contributed by atoms with van der Waals surface area (Å²) in [6, 6.07) is 14.3. The number of nitrogens with zero attached hydrogens (tertiary/aromatic N) is 1. The smallest absolute Gasteiger partial charge is 0.404 e. The van der Waals surface area contributed by atoms with E-state index in [-0.39, 0.29) is 30.3 Å². The quantitative estimate of drug-likeness (QED) is 0.485. The molecule has 0 aliphatic carbocycles. The topological polar surface area (TPSA) is 116 Å². The fraction of sp³-hybridized carbons (Fsp3) is 0.409. The summed E-state index contributed by atoms with van der Waals surface area (Å²) >= 11 is 0. The van der Waals surface area contributed by atoms with Crippen LogP contribution in [0.5, 0.6) is 5.75 Å². The van der Waals surface area contributed by atoms with Crippen LogP contribution in [0.3, 0.4) is 0 Å². The Morgan fingerprint density at radius 3 is 2.19 bits per heavy atom. The molecule has 3 N–H and O–H groups in total. The summed E-state index contributed by atoms with van der Waals surface area (Å²) in [6.45, 7) is 3.68. The number of methoxy groups -OCH3 is 1. The number of hydrogen-bond acceptors (Lipinski definition) is 5. The predicted octanol–water partition coefficient (Wildman–Crippen LogP) is 2.58. The normalized spacial score (nSPS) is 13.7. The first-order chi connectivity index (χ1) is 14.6. The van der Waals surface area contributed by atoms with E-state index in [9.17, 15) is 23.4 Å². The van der Waals surface area contributed by atoms with Crippen molar-refractivity contribution in [3.8, 4) is 5.75 Å². The predicted molar refractivity (Wildman–Crippen MR) is 118 cm³/mol. The Balaban J connectivity index is 2.27. The van der Waals surface area contributed by atoms with E-state index in [1.165, 1.54) is 23.5 Å². The van der Waals surface area contributed by atoms with Crippen LogP contribution in [0, 0.1) is 5.92 Å². The number of ether oxygens (including phenoxy) is 1. The summed E-state index contributed by atoms with van der Waals surface area (Å²) in [4.78, 5) is 11.4. The monoisotopic (exact) mass is 450 g/mol. The van der Waals surface area contributed by atoms with E-state index in [4.69, 9.17) is 4.74 Å². The molecule has 2 atom stereocenters. The number of amides is 1. The molecule has 0 saturated heterocycles. The molecule has 2 rings (SSSR count). The van der Waals surface area contributed by atoms with Gasteiger partial charge in [-0.25, -0.2) is 13.2 Å². The van der Waals surface area contributed by atoms with Crippen molar-refractivity contribution < 1.29 is 28.2 Å². The minimum Gasteiger partial charge on any atom is -0.497 e. The minimum atomic E-state index is -3.91. The largest absolute Gasteiger partial charge is 0.497 e. The number of aliphatic hydroxyl groups excluding tert-OH is 1. The van der Waals surface area contributed by atoms with Crippen molar-refractivity contribution >= 4 is 16.1 Å². The molecule has 0 aliphatic rings. The summed E-state index contributed by atoms with van der Waals surface area (Å²) in [5, 5.41) is 22.4. The average Bonchev–Trinajstić information content (AvgIpc) is 2.73. The van der Waals surface area contributed by atoms with Crippen LogP contribution in [0.1, 0.15) is 19.4 Å². The number of hydrogen-bond donors (Lipinski definition) is 3. The molecule has 1 amide bonds. The van der Waals surface area contributed by atoms with Crippen LogP contribution in [0.2, 0.25) is 0 Å². The molecular formula is C22H30N2O6S. The van der Waals surface area contributed by atoms with Crippen molar-refractivity contribution in [1.82, 2.24) is 9.62 Å². The second-order valence-electron chi connectivity index (χ2n) is 7.70. The van der Waals surface area contributed by atoms with E-state index in [0.29, 0.717) is 5.75 Å². The van der Waals surface area contributed by atoms with Gasteiger partial charge in [0.2, 0.25) is 10.0 Å². The van der Waals surface area contributed by atoms with E-state index in [2.05, 4.69) is 5.32 Å². The molecule has 0 aliphatic heterocycles. The Bertz CT molecular complexity index is 932. The highest BCUT2D eigenvalue weighted by Gasteiger charge is 2.31. The molecule has 0 heterocycles. The fourth-order valence-electron chi connectivity index (χ4n) is 3.22. The molecule has 8 nitrogen and oxygen atoms in total. The van der Waals surface area contributed by atoms with Gasteiger partial charge in [-0.3, -0.25) is 0 Å². The Hall–Kier alpha value is -2.62. The van der Waals surface area contributed by atoms with E-state index >= 15 is 0 Å². The zero-order valence-corrected chi connectivity index (χ0v) is 18.7. The maximum absolute atomic E-state index is 13.2. The fourth-order valence-corrected chi connectivity index (χ4v) is 4.84. The van der Waals surface area contributed by atoms with Gasteiger partial charge in [0, 0.05) is 13.1 Å². The van der Waals surface area contributed by atoms with E-state index < -0.39 is 28.3 Å². The Kier molecular flexibility index (Phi) is 8.85. The lowest BCUT2D eigenvalue weighted by molar-refractivity contribution is 0.0980. The summed E-state index contributed by atoms with van der Waals surface area (Å²) in [5.41, 5.74) is 0.828. The van der Waals surface area contributed by atoms with E-state index in [1.807, 2.05) is 44.2 Å². The van der Waals surface area contributed by atoms with Crippen LogP contribution in [0.25, 0.3) is 0 Å². The molecule has 0 fully saturated rings. The number of nitrogens with one attached hydrogen (secondary N) is 1. The van der Waals surface area contributed by atoms with Crippen LogP contribution in [0.15, 0.2) is 59.5 Å². The third-order valence-electron chi connectivity index (χ3n) is 4.73. The van der Waals surface area contributed by atoms with Gasteiger partial charge in [-0.2, -0.15) is 4.31 Å². The molecule has 0 bridgehead atoms. The lowest BCUT2D eigenvalue weighted by atomic mass is 10.0. The maximum Gasteiger partial charge on any atom is 0.404 e. The zero-order valence-electron chi connectivity index (χ0n) is 17.9. The first kappa shape index (κ1) is 24.6. The van der Waals surface area contributed by atoms with Crippen LogP contribution in [-0.4, -0.2) is 61.4 Å². The standard InChI is InChI=1S/C22H30N2O6S/c1-16(2)14-24(31(28,29)19-11-9-18(30-3)10-12-19)15-21(25)20(23-22(26)27)13-17-7-5-4-6-8-17/h4-12,16,20-21,23,25H,13-15H2,1-3H3,(H,26,27)/t20?,21-/m1/s1. The van der Waals surface area contributed by atoms with Gasteiger partial charge in [-0.05, 0) is 42.2 Å². The van der Waals surface area contributed by atoms with Crippen LogP contribution in [-0.2, 0) is 16.4 Å². The molecule has 0 spiro atoms. The zero-order chi connectivity index (χ0) is 23.0. The molecule has 0 saturated carbocycles. The molecule has 170 valence electrons. The Morgan fingerprint density at radius 1 is 1.06 bits per heavy atom. The van der Waals surface area contributed by atoms with Crippen LogP contribution >= 0.6 is 0 Å². The highest BCUT2D eigenvalue weighted by atomic mass is 32.2. The first-order valence-electron chi connectivity index (χ1n) is 9.99. The maximum atomic E-state index is 13.2. The van der Waals surface area contributed by atoms with Gasteiger partial charge in [0.05, 0.1) is 24.2 Å². The number of rotatable bonds is 11. The van der Waals surface area contributed by atoms with Crippen molar-refractivity contribution in [3.05, 3.63) is 60.2 Å². The Labute approximate surface area is 183 Å². The van der Waals surface area contributed by atoms with Crippen LogP contribution < -0.4 is 10.1 Å². The highest BCUT2D eigenvalue weighted by Crippen LogP contribution is 2.21. The Morgan fingerprint density at radius 2 is 1.68 bits per heavy atom. The number of carbonyl (C=O) groups is 1. The van der Waals surface area contributed by atoms with Gasteiger partial charge in [0.15, 0.2) is 0 Å². The van der Waals surface area contributed by atoms with Gasteiger partial charge in [-0.1, -0.05) is 44.2 Å². The summed E-state index contributed by atoms with van der Waals surface area (Å²) in [5.74, 6) is 0.531. The van der Waals surface area contributed by atoms with Gasteiger partial charge in [-0.15, -0.1) is 0 Å². The molecule has 0 radical (unpaired) electrons. The lowest BCUT2D eigenvalue weighted by Gasteiger charge is -2.30. The number of sulfonamides is 1. The van der Waals surface area contributed by atoms with Crippen molar-refractivity contribution in [1.29, 1.82) is 0 Å². The third-order valence-corrected chi connectivity index (χ3v) is 6.57. The van der Waals surface area contributed by atoms with E-state index in [1.54, 1.807) is 12.1 Å². The van der Waals surface area contributed by atoms with Gasteiger partial charge in [0.1, 0.15) is 5.75 Å². The minimum absolute atomic E-state index is 0.000213. The summed E-state index contributed by atoms with van der Waals surface area (Å²) in [6.07, 6.45) is -2.30. The molecule has 9 heteroatoms. The van der Waals surface area contributed by atoms with Gasteiger partial charge < -0.3 is 20.3 Å². The highest BCUT2D eigenvalue weighted by molar-refractivity contribution is 7.89. The summed E-state index contributed by atoms with van der Waals surface area (Å²) < 4.78 is 32.8. The van der Waals surface area contributed by atoms with E-state index in [0.717, 1.165) is 5.56 Å². The first-order valence-corrected chi connectivity index (χ1v) is 11.4. The second kappa shape index (κ2) is 11.1. The number of carboxylic acid groups (broad SMARTS) is 1. The van der Waals surface area contributed by atoms with Gasteiger partial charge in [0.25, 0.3) is 0 Å². The van der Waals surface area contributed by atoms with Gasteiger partial charge >= 0.3 is 6.09 Å². The molecule has 2 aromatic carbocycles. The molecular weight excluding hydrogens is 420 g/mol. The van der Waals surface area contributed by atoms with Crippen molar-refractivity contribution in [2.24, 2.45) is 5.92 Å². The van der Waals surface area contributed by atoms with Crippen molar-refractivity contribution in [2.45, 2.75) is 37.3 Å². The average molecular weight is 451 g/mol. The molecule has 1 unspecified atom stereocenters. The molecule has 2 aromatic rings. The lowest BCUT2D eigenvalue weighted by Crippen LogP contribution is -2.50. The number of benzene rings is 2. The van der Waals surface area contributed by atoms with Crippen molar-refractivity contribution in [3.63, 3.8) is 0 Å². The SMILES string of the molecule is COc1ccc(S(=O)(=O)N(CC(C)C)C[C@@H](O)C(Cc2ccccc2)NC(=O)O)cc1.